The Kier molecular flexibility index (Phi) is 20.5. The van der Waals surface area contributed by atoms with E-state index < -0.39 is 11.9 Å². The minimum absolute atomic E-state index is 0.115. The van der Waals surface area contributed by atoms with Gasteiger partial charge in [0.15, 0.2) is 0 Å². The predicted octanol–water partition coefficient (Wildman–Crippen LogP) is 0.236. The Bertz CT molecular complexity index is 298. The summed E-state index contributed by atoms with van der Waals surface area (Å²) >= 11 is 0.451. The molecule has 0 atom stereocenters. The molecule has 0 amide bonds. The molecule has 122 valence electrons. The van der Waals surface area contributed by atoms with Crippen molar-refractivity contribution >= 4 is 48.3 Å². The SMILES string of the molecule is CC(C)[O][InH2].COC(=O)CC(C)=O.COC(=O)CC(C)=O. The number of rotatable bonds is 5. The van der Waals surface area contributed by atoms with Gasteiger partial charge in [0.05, 0.1) is 14.2 Å². The Labute approximate surface area is 140 Å². The van der Waals surface area contributed by atoms with Gasteiger partial charge in [-0.15, -0.1) is 0 Å². The topological polar surface area (TPSA) is 96.0 Å². The summed E-state index contributed by atoms with van der Waals surface area (Å²) in [7, 11) is 2.51. The first-order chi connectivity index (χ1) is 9.60. The summed E-state index contributed by atoms with van der Waals surface area (Å²) in [6.45, 7) is 6.79. The summed E-state index contributed by atoms with van der Waals surface area (Å²) in [5, 5.41) is 0. The third kappa shape index (κ3) is 32.6. The molecule has 0 heterocycles. The normalized spacial score (nSPS) is 8.52. The molecule has 0 spiro atoms. The van der Waals surface area contributed by atoms with Crippen molar-refractivity contribution in [2.75, 3.05) is 14.2 Å². The van der Waals surface area contributed by atoms with Crippen LogP contribution in [-0.4, -0.2) is 68.6 Å². The Morgan fingerprint density at radius 3 is 1.14 bits per heavy atom. The molecule has 0 rings (SSSR count). The fraction of sp³-hybridized carbons (Fsp3) is 0.692. The van der Waals surface area contributed by atoms with Gasteiger partial charge >= 0.3 is 59.6 Å². The van der Waals surface area contributed by atoms with Crippen LogP contribution in [0.25, 0.3) is 0 Å². The van der Waals surface area contributed by atoms with E-state index in [4.69, 9.17) is 2.85 Å². The van der Waals surface area contributed by atoms with Crippen molar-refractivity contribution in [2.24, 2.45) is 0 Å². The van der Waals surface area contributed by atoms with E-state index >= 15 is 0 Å². The van der Waals surface area contributed by atoms with Crippen LogP contribution in [0.2, 0.25) is 0 Å². The molecule has 0 radical (unpaired) electrons. The first-order valence-electron chi connectivity index (χ1n) is 6.25. The molecule has 0 unspecified atom stereocenters. The fourth-order valence-corrected chi connectivity index (χ4v) is 0.551. The summed E-state index contributed by atoms with van der Waals surface area (Å²) in [5.41, 5.74) is 0. The average molecular weight is 408 g/mol. The van der Waals surface area contributed by atoms with Crippen LogP contribution in [0.4, 0.5) is 0 Å². The number of carbonyl (C=O) groups is 4. The van der Waals surface area contributed by atoms with E-state index in [-0.39, 0.29) is 24.4 Å². The minimum atomic E-state index is -0.475. The summed E-state index contributed by atoms with van der Waals surface area (Å²) in [5.74, 6) is -1.29. The average Bonchev–Trinajstić information content (AvgIpc) is 2.38. The first-order valence-corrected chi connectivity index (χ1v) is 8.58. The van der Waals surface area contributed by atoms with Crippen LogP contribution < -0.4 is 0 Å². The van der Waals surface area contributed by atoms with Crippen molar-refractivity contribution in [1.82, 2.24) is 0 Å². The third-order valence-electron chi connectivity index (χ3n) is 1.71. The molecule has 0 N–H and O–H groups in total. The predicted molar refractivity (Wildman–Crippen MR) is 79.4 cm³/mol. The Balaban J connectivity index is -0.000000239. The molecule has 0 aromatic carbocycles. The van der Waals surface area contributed by atoms with Crippen molar-refractivity contribution in [3.63, 3.8) is 0 Å². The zero-order valence-electron chi connectivity index (χ0n) is 13.8. The number of hydrogen-bond donors (Lipinski definition) is 0. The maximum Gasteiger partial charge on any atom is 0.313 e. The van der Waals surface area contributed by atoms with Gasteiger partial charge in [-0.3, -0.25) is 19.2 Å². The van der Waals surface area contributed by atoms with Gasteiger partial charge in [-0.05, 0) is 13.8 Å². The summed E-state index contributed by atoms with van der Waals surface area (Å²) < 4.78 is 13.4. The molecule has 21 heavy (non-hydrogen) atoms. The molecule has 0 saturated carbocycles. The van der Waals surface area contributed by atoms with E-state index in [1.165, 1.54) is 28.1 Å². The standard InChI is InChI=1S/2C5H8O3.C3H7O.In.2H/c2*1-4(6)3-5(7)8-2;1-3(2)4;;;/h2*3H2,1-2H3;3H,1-2H3;;;/q;;-1;+1;;. The molecule has 0 aromatic rings. The fourth-order valence-electron chi connectivity index (χ4n) is 0.551. The van der Waals surface area contributed by atoms with Gasteiger partial charge in [-0.1, -0.05) is 0 Å². The van der Waals surface area contributed by atoms with Gasteiger partial charge in [0.1, 0.15) is 24.4 Å². The molecule has 0 aromatic heterocycles. The van der Waals surface area contributed by atoms with E-state index in [2.05, 4.69) is 23.3 Å². The van der Waals surface area contributed by atoms with E-state index in [0.717, 1.165) is 0 Å². The Morgan fingerprint density at radius 1 is 0.857 bits per heavy atom. The quantitative estimate of drug-likeness (QED) is 0.475. The molecule has 0 fully saturated rings. The third-order valence-corrected chi connectivity index (χ3v) is 4.40. The Morgan fingerprint density at radius 2 is 1.10 bits per heavy atom. The second kappa shape index (κ2) is 17.2. The van der Waals surface area contributed by atoms with Crippen molar-refractivity contribution in [1.29, 1.82) is 0 Å². The maximum absolute atomic E-state index is 10.2. The molecule has 0 aliphatic heterocycles. The van der Waals surface area contributed by atoms with Gasteiger partial charge in [-0.2, -0.15) is 0 Å². The number of Topliss-reactive ketones (excluding diaryl/α,β-unsaturated/α-hetero) is 2. The summed E-state index contributed by atoms with van der Waals surface area (Å²) in [6, 6.07) is 0. The van der Waals surface area contributed by atoms with E-state index in [1.54, 1.807) is 0 Å². The largest absolute Gasteiger partial charge is 0.469 e. The zero-order chi connectivity index (χ0) is 17.4. The smallest absolute Gasteiger partial charge is 0.313 e. The molecular formula is C13H25InO7. The zero-order valence-corrected chi connectivity index (χ0v) is 19.6. The van der Waals surface area contributed by atoms with Crippen LogP contribution in [0.5, 0.6) is 0 Å². The molecule has 0 saturated heterocycles. The van der Waals surface area contributed by atoms with Gasteiger partial charge in [0, 0.05) is 0 Å². The molecule has 8 heteroatoms. The van der Waals surface area contributed by atoms with E-state index in [9.17, 15) is 19.2 Å². The second-order valence-corrected chi connectivity index (χ2v) is 5.54. The summed E-state index contributed by atoms with van der Waals surface area (Å²) in [6.07, 6.45) is 0.248. The molecule has 0 bridgehead atoms. The number of methoxy groups -OCH3 is 2. The van der Waals surface area contributed by atoms with Gasteiger partial charge in [0.2, 0.25) is 0 Å². The monoisotopic (exact) mass is 408 g/mol. The molecule has 0 aliphatic carbocycles. The number of esters is 2. The van der Waals surface area contributed by atoms with E-state index in [1.807, 2.05) is 0 Å². The molecule has 7 nitrogen and oxygen atoms in total. The van der Waals surface area contributed by atoms with Crippen molar-refractivity contribution < 1.29 is 31.5 Å². The number of ketones is 2. The van der Waals surface area contributed by atoms with Crippen molar-refractivity contribution in [2.45, 2.75) is 46.6 Å². The van der Waals surface area contributed by atoms with Crippen LogP contribution in [0.3, 0.4) is 0 Å². The molecular weight excluding hydrogens is 383 g/mol. The first kappa shape index (κ1) is 25.1. The van der Waals surface area contributed by atoms with Crippen molar-refractivity contribution in [3.8, 4) is 0 Å². The summed E-state index contributed by atoms with van der Waals surface area (Å²) in [4.78, 5) is 40.6. The van der Waals surface area contributed by atoms with E-state index in [0.29, 0.717) is 30.9 Å². The van der Waals surface area contributed by atoms with Crippen LogP contribution >= 0.6 is 0 Å². The van der Waals surface area contributed by atoms with Gasteiger partial charge < -0.3 is 9.47 Å². The van der Waals surface area contributed by atoms with Crippen LogP contribution in [-0.2, 0) is 31.5 Å². The second-order valence-electron chi connectivity index (χ2n) is 4.19. The van der Waals surface area contributed by atoms with Crippen molar-refractivity contribution in [3.05, 3.63) is 0 Å². The minimum Gasteiger partial charge on any atom is -0.469 e. The Hall–Kier alpha value is -0.890. The molecule has 0 aliphatic rings. The van der Waals surface area contributed by atoms with Gasteiger partial charge in [-0.25, -0.2) is 0 Å². The number of hydrogen-bond acceptors (Lipinski definition) is 7. The number of ether oxygens (including phenoxy) is 2. The number of carbonyl (C=O) groups excluding carboxylic acids is 4. The van der Waals surface area contributed by atoms with Crippen LogP contribution in [0, 0.1) is 0 Å². The van der Waals surface area contributed by atoms with Crippen LogP contribution in [0.15, 0.2) is 0 Å². The van der Waals surface area contributed by atoms with Gasteiger partial charge in [0.25, 0.3) is 0 Å². The maximum atomic E-state index is 10.2. The van der Waals surface area contributed by atoms with Crippen LogP contribution in [0.1, 0.15) is 40.5 Å².